The summed E-state index contributed by atoms with van der Waals surface area (Å²) in [5.74, 6) is 1.39. The Kier molecular flexibility index (Phi) is 8.04. The van der Waals surface area contributed by atoms with Crippen LogP contribution >= 0.6 is 47.0 Å². The molecule has 0 bridgehead atoms. The lowest BCUT2D eigenvalue weighted by atomic mass is 10.2. The lowest BCUT2D eigenvalue weighted by Gasteiger charge is -2.14. The maximum atomic E-state index is 12.2. The van der Waals surface area contributed by atoms with E-state index in [0.717, 1.165) is 0 Å². The normalized spacial score (nSPS) is 10.8. The Morgan fingerprint density at radius 1 is 1.03 bits per heavy atom. The van der Waals surface area contributed by atoms with E-state index < -0.39 is 5.91 Å². The number of benzene rings is 2. The fourth-order valence-electron chi connectivity index (χ4n) is 2.70. The predicted molar refractivity (Wildman–Crippen MR) is 132 cm³/mol. The zero-order chi connectivity index (χ0) is 23.3. The van der Waals surface area contributed by atoms with Gasteiger partial charge in [0.1, 0.15) is 23.0 Å². The van der Waals surface area contributed by atoms with Crippen LogP contribution in [-0.2, 0) is 4.79 Å². The second-order valence-corrected chi connectivity index (χ2v) is 7.87. The van der Waals surface area contributed by atoms with Crippen molar-refractivity contribution >= 4 is 69.8 Å². The number of rotatable bonds is 6. The standard InChI is InChI=1S/C22H17Cl3N2O4S/c1-29-18-11-16(19(30-2)10-15(18)24)26-22(32)27-20(28)9-7-12-6-8-17(31-12)13-4-3-5-14(23)21(13)25/h3-11H,1-2H3,(H2,26,27,28,32). The third-order valence-corrected chi connectivity index (χ3v) is 5.52. The molecule has 0 aliphatic heterocycles. The van der Waals surface area contributed by atoms with Crippen LogP contribution in [0.5, 0.6) is 11.5 Å². The van der Waals surface area contributed by atoms with Crippen molar-refractivity contribution in [3.8, 4) is 22.8 Å². The second kappa shape index (κ2) is 10.7. The fourth-order valence-corrected chi connectivity index (χ4v) is 3.54. The van der Waals surface area contributed by atoms with E-state index in [-0.39, 0.29) is 5.11 Å². The Morgan fingerprint density at radius 2 is 1.78 bits per heavy atom. The molecule has 0 spiro atoms. The number of ether oxygens (including phenoxy) is 2. The van der Waals surface area contributed by atoms with Crippen LogP contribution in [0.4, 0.5) is 5.69 Å². The molecule has 0 atom stereocenters. The van der Waals surface area contributed by atoms with Gasteiger partial charge in [0.25, 0.3) is 0 Å². The number of thiocarbonyl (C=S) groups is 1. The maximum absolute atomic E-state index is 12.2. The summed E-state index contributed by atoms with van der Waals surface area (Å²) in [6.45, 7) is 0. The zero-order valence-electron chi connectivity index (χ0n) is 16.9. The Hall–Kier alpha value is -2.71. The van der Waals surface area contributed by atoms with E-state index in [2.05, 4.69) is 10.6 Å². The van der Waals surface area contributed by atoms with Gasteiger partial charge in [-0.05, 0) is 42.6 Å². The van der Waals surface area contributed by atoms with E-state index in [4.69, 9.17) is 60.9 Å². The molecule has 1 aromatic heterocycles. The predicted octanol–water partition coefficient (Wildman–Crippen LogP) is 6.45. The highest BCUT2D eigenvalue weighted by molar-refractivity contribution is 7.80. The van der Waals surface area contributed by atoms with Crippen molar-refractivity contribution in [3.05, 3.63) is 69.4 Å². The van der Waals surface area contributed by atoms with Gasteiger partial charge in [-0.2, -0.15) is 0 Å². The van der Waals surface area contributed by atoms with Crippen molar-refractivity contribution in [2.24, 2.45) is 0 Å². The average Bonchev–Trinajstić information content (AvgIpc) is 3.23. The monoisotopic (exact) mass is 510 g/mol. The molecule has 0 aliphatic carbocycles. The fraction of sp³-hybridized carbons (Fsp3) is 0.0909. The molecule has 3 aromatic rings. The van der Waals surface area contributed by atoms with Gasteiger partial charge in [-0.3, -0.25) is 10.1 Å². The van der Waals surface area contributed by atoms with Crippen LogP contribution in [0.1, 0.15) is 5.76 Å². The number of nitrogens with one attached hydrogen (secondary N) is 2. The number of hydrogen-bond acceptors (Lipinski definition) is 5. The topological polar surface area (TPSA) is 72.7 Å². The number of methoxy groups -OCH3 is 2. The molecule has 0 aliphatic rings. The Morgan fingerprint density at radius 3 is 2.50 bits per heavy atom. The summed E-state index contributed by atoms with van der Waals surface area (Å²) in [4.78, 5) is 12.2. The smallest absolute Gasteiger partial charge is 0.250 e. The van der Waals surface area contributed by atoms with E-state index in [9.17, 15) is 4.79 Å². The van der Waals surface area contributed by atoms with Crippen molar-refractivity contribution in [2.75, 3.05) is 19.5 Å². The van der Waals surface area contributed by atoms with Gasteiger partial charge in [0.05, 0.1) is 35.0 Å². The van der Waals surface area contributed by atoms with E-state index in [1.54, 1.807) is 42.5 Å². The number of furan rings is 1. The highest BCUT2D eigenvalue weighted by Gasteiger charge is 2.13. The van der Waals surface area contributed by atoms with Gasteiger partial charge in [-0.15, -0.1) is 0 Å². The van der Waals surface area contributed by atoms with E-state index in [1.807, 2.05) is 0 Å². The van der Waals surface area contributed by atoms with Crippen LogP contribution in [0, 0.1) is 0 Å². The molecule has 0 radical (unpaired) electrons. The van der Waals surface area contributed by atoms with E-state index >= 15 is 0 Å². The minimum atomic E-state index is -0.457. The first-order valence-electron chi connectivity index (χ1n) is 9.08. The molecular weight excluding hydrogens is 495 g/mol. The van der Waals surface area contributed by atoms with Crippen molar-refractivity contribution in [1.29, 1.82) is 0 Å². The van der Waals surface area contributed by atoms with E-state index in [0.29, 0.717) is 49.3 Å². The molecule has 166 valence electrons. The minimum absolute atomic E-state index is 0.0631. The molecule has 0 unspecified atom stereocenters. The van der Waals surface area contributed by atoms with Crippen molar-refractivity contribution < 1.29 is 18.7 Å². The molecule has 10 heteroatoms. The molecule has 2 N–H and O–H groups in total. The molecular formula is C22H17Cl3N2O4S. The summed E-state index contributed by atoms with van der Waals surface area (Å²) < 4.78 is 16.2. The molecule has 0 fully saturated rings. The highest BCUT2D eigenvalue weighted by atomic mass is 35.5. The summed E-state index contributed by atoms with van der Waals surface area (Å²) >= 11 is 23.6. The van der Waals surface area contributed by atoms with Gasteiger partial charge in [0, 0.05) is 23.8 Å². The first-order chi connectivity index (χ1) is 15.3. The lowest BCUT2D eigenvalue weighted by Crippen LogP contribution is -2.32. The Bertz CT molecular complexity index is 1190. The molecule has 1 amide bonds. The van der Waals surface area contributed by atoms with Crippen molar-refractivity contribution in [1.82, 2.24) is 5.32 Å². The highest BCUT2D eigenvalue weighted by Crippen LogP contribution is 2.36. The third-order valence-electron chi connectivity index (χ3n) is 4.20. The molecule has 2 aromatic carbocycles. The summed E-state index contributed by atoms with van der Waals surface area (Å²) in [6.07, 6.45) is 2.79. The van der Waals surface area contributed by atoms with Crippen LogP contribution < -0.4 is 20.1 Å². The zero-order valence-corrected chi connectivity index (χ0v) is 20.0. The number of carbonyl (C=O) groups is 1. The summed E-state index contributed by atoms with van der Waals surface area (Å²) in [5, 5.41) is 6.68. The van der Waals surface area contributed by atoms with Crippen LogP contribution in [-0.4, -0.2) is 25.2 Å². The Labute approximate surface area is 205 Å². The van der Waals surface area contributed by atoms with Gasteiger partial charge < -0.3 is 19.2 Å². The molecule has 0 saturated carbocycles. The number of anilines is 1. The number of carbonyl (C=O) groups excluding carboxylic acids is 1. The lowest BCUT2D eigenvalue weighted by molar-refractivity contribution is -0.115. The van der Waals surface area contributed by atoms with Crippen LogP contribution in [0.25, 0.3) is 17.4 Å². The number of amides is 1. The largest absolute Gasteiger partial charge is 0.495 e. The van der Waals surface area contributed by atoms with Gasteiger partial charge in [-0.25, -0.2) is 0 Å². The average molecular weight is 512 g/mol. The quantitative estimate of drug-likeness (QED) is 0.293. The van der Waals surface area contributed by atoms with Gasteiger partial charge in [-0.1, -0.05) is 40.9 Å². The van der Waals surface area contributed by atoms with Gasteiger partial charge in [0.15, 0.2) is 5.11 Å². The maximum Gasteiger partial charge on any atom is 0.250 e. The third kappa shape index (κ3) is 5.75. The van der Waals surface area contributed by atoms with Crippen molar-refractivity contribution in [3.63, 3.8) is 0 Å². The van der Waals surface area contributed by atoms with E-state index in [1.165, 1.54) is 26.4 Å². The van der Waals surface area contributed by atoms with Crippen LogP contribution in [0.15, 0.2) is 53.0 Å². The van der Waals surface area contributed by atoms with Gasteiger partial charge in [0.2, 0.25) is 5.91 Å². The molecule has 0 saturated heterocycles. The Balaban J connectivity index is 1.64. The molecule has 6 nitrogen and oxygen atoms in total. The number of halogens is 3. The van der Waals surface area contributed by atoms with Crippen molar-refractivity contribution in [2.45, 2.75) is 0 Å². The summed E-state index contributed by atoms with van der Waals surface area (Å²) in [5.41, 5.74) is 1.14. The SMILES string of the molecule is COc1cc(NC(=S)NC(=O)C=Cc2ccc(-c3cccc(Cl)c3Cl)o2)c(OC)cc1Cl. The molecule has 3 rings (SSSR count). The molecule has 32 heavy (non-hydrogen) atoms. The minimum Gasteiger partial charge on any atom is -0.495 e. The first kappa shape index (κ1) is 23.9. The first-order valence-corrected chi connectivity index (χ1v) is 10.6. The number of hydrogen-bond donors (Lipinski definition) is 2. The molecule has 1 heterocycles. The van der Waals surface area contributed by atoms with Gasteiger partial charge >= 0.3 is 0 Å². The summed E-state index contributed by atoms with van der Waals surface area (Å²) in [7, 11) is 2.98. The second-order valence-electron chi connectivity index (χ2n) is 6.27. The summed E-state index contributed by atoms with van der Waals surface area (Å²) in [6, 6.07) is 11.9. The van der Waals surface area contributed by atoms with Crippen LogP contribution in [0.2, 0.25) is 15.1 Å². The van der Waals surface area contributed by atoms with Crippen LogP contribution in [0.3, 0.4) is 0 Å².